The van der Waals surface area contributed by atoms with E-state index in [2.05, 4.69) is 9.97 Å². The summed E-state index contributed by atoms with van der Waals surface area (Å²) in [7, 11) is -4.03. The number of hydrogen-bond donors (Lipinski definition) is 0. The van der Waals surface area contributed by atoms with Crippen LogP contribution in [0.1, 0.15) is 5.56 Å². The van der Waals surface area contributed by atoms with Gasteiger partial charge in [0, 0.05) is 24.7 Å². The van der Waals surface area contributed by atoms with E-state index >= 15 is 0 Å². The van der Waals surface area contributed by atoms with E-state index in [1.54, 1.807) is 0 Å². The monoisotopic (exact) mass is 396 g/mol. The number of rotatable bonds is 5. The van der Waals surface area contributed by atoms with Gasteiger partial charge in [-0.3, -0.25) is 4.98 Å². The van der Waals surface area contributed by atoms with E-state index in [-0.39, 0.29) is 22.3 Å². The summed E-state index contributed by atoms with van der Waals surface area (Å²) < 4.78 is 72.0. The maximum atomic E-state index is 12.5. The number of aromatic nitrogens is 2. The number of pyridine rings is 2. The second-order valence-electron chi connectivity index (χ2n) is 5.18. The molecule has 0 atom stereocenters. The Balaban J connectivity index is 1.69. The molecule has 0 saturated heterocycles. The Morgan fingerprint density at radius 2 is 1.59 bits per heavy atom. The van der Waals surface area contributed by atoms with Crippen LogP contribution in [-0.2, 0) is 16.3 Å². The molecule has 0 aliphatic heterocycles. The van der Waals surface area contributed by atoms with Gasteiger partial charge < -0.3 is 8.92 Å². The fourth-order valence-electron chi connectivity index (χ4n) is 1.96. The minimum absolute atomic E-state index is 0.0339. The van der Waals surface area contributed by atoms with E-state index in [1.165, 1.54) is 42.6 Å². The zero-order valence-corrected chi connectivity index (χ0v) is 14.2. The first kappa shape index (κ1) is 18.6. The highest BCUT2D eigenvalue weighted by molar-refractivity contribution is 7.87. The van der Waals surface area contributed by atoms with E-state index < -0.39 is 21.9 Å². The van der Waals surface area contributed by atoms with Crippen molar-refractivity contribution in [3.05, 3.63) is 72.7 Å². The van der Waals surface area contributed by atoms with E-state index in [0.29, 0.717) is 6.20 Å². The van der Waals surface area contributed by atoms with Gasteiger partial charge in [0.15, 0.2) is 0 Å². The van der Waals surface area contributed by atoms with Crippen molar-refractivity contribution in [3.8, 4) is 17.4 Å². The summed E-state index contributed by atoms with van der Waals surface area (Å²) in [5.74, 6) is 0.236. The number of benzene rings is 1. The van der Waals surface area contributed by atoms with E-state index in [4.69, 9.17) is 8.92 Å². The number of alkyl halides is 3. The lowest BCUT2D eigenvalue weighted by Gasteiger charge is -2.09. The molecule has 10 heteroatoms. The van der Waals surface area contributed by atoms with Gasteiger partial charge >= 0.3 is 16.3 Å². The molecule has 3 aromatic rings. The molecule has 0 saturated carbocycles. The highest BCUT2D eigenvalue weighted by Gasteiger charge is 2.30. The molecule has 2 aromatic heterocycles. The second kappa shape index (κ2) is 7.23. The van der Waals surface area contributed by atoms with Gasteiger partial charge in [0.05, 0.1) is 5.56 Å². The molecule has 0 N–H and O–H groups in total. The normalized spacial score (nSPS) is 11.8. The molecule has 0 fully saturated rings. The van der Waals surface area contributed by atoms with Gasteiger partial charge in [-0.05, 0) is 42.5 Å². The quantitative estimate of drug-likeness (QED) is 0.606. The van der Waals surface area contributed by atoms with Crippen molar-refractivity contribution in [2.75, 3.05) is 0 Å². The average Bonchev–Trinajstić information content (AvgIpc) is 2.64. The van der Waals surface area contributed by atoms with Crippen LogP contribution >= 0.6 is 0 Å². The molecule has 0 radical (unpaired) electrons. The number of hydrogen-bond acceptors (Lipinski definition) is 6. The van der Waals surface area contributed by atoms with Gasteiger partial charge in [-0.1, -0.05) is 0 Å². The minimum atomic E-state index is -4.48. The third kappa shape index (κ3) is 4.73. The third-order valence-corrected chi connectivity index (χ3v) is 4.47. The largest absolute Gasteiger partial charge is 0.439 e. The first-order valence-electron chi connectivity index (χ1n) is 7.40. The minimum Gasteiger partial charge on any atom is -0.439 e. The van der Waals surface area contributed by atoms with Gasteiger partial charge in [0.2, 0.25) is 5.88 Å². The summed E-state index contributed by atoms with van der Waals surface area (Å²) in [6, 6.07) is 10.2. The predicted octanol–water partition coefficient (Wildman–Crippen LogP) is 4.06. The molecule has 0 amide bonds. The Bertz CT molecular complexity index is 1010. The summed E-state index contributed by atoms with van der Waals surface area (Å²) in [6.45, 7) is 0. The molecule has 140 valence electrons. The van der Waals surface area contributed by atoms with E-state index in [9.17, 15) is 21.6 Å². The van der Waals surface area contributed by atoms with Crippen LogP contribution in [0.15, 0.2) is 72.0 Å². The smallest absolute Gasteiger partial charge is 0.417 e. The average molecular weight is 396 g/mol. The molecule has 1 aromatic carbocycles. The number of halogens is 3. The Morgan fingerprint density at radius 1 is 0.889 bits per heavy atom. The van der Waals surface area contributed by atoms with Gasteiger partial charge in [-0.2, -0.15) is 21.6 Å². The topological polar surface area (TPSA) is 78.4 Å². The summed E-state index contributed by atoms with van der Waals surface area (Å²) >= 11 is 0. The lowest BCUT2D eigenvalue weighted by molar-refractivity contribution is -0.137. The van der Waals surface area contributed by atoms with Crippen molar-refractivity contribution in [3.63, 3.8) is 0 Å². The van der Waals surface area contributed by atoms with E-state index in [1.807, 2.05) is 0 Å². The Labute approximate surface area is 152 Å². The van der Waals surface area contributed by atoms with Gasteiger partial charge in [-0.25, -0.2) is 4.98 Å². The van der Waals surface area contributed by atoms with Gasteiger partial charge in [0.1, 0.15) is 16.4 Å². The lowest BCUT2D eigenvalue weighted by atomic mass is 10.3. The Hall–Kier alpha value is -3.14. The van der Waals surface area contributed by atoms with Crippen LogP contribution in [0.5, 0.6) is 17.4 Å². The van der Waals surface area contributed by atoms with Crippen molar-refractivity contribution < 1.29 is 30.5 Å². The van der Waals surface area contributed by atoms with Crippen molar-refractivity contribution in [1.29, 1.82) is 0 Å². The van der Waals surface area contributed by atoms with Gasteiger partial charge in [0.25, 0.3) is 0 Å². The van der Waals surface area contributed by atoms with Crippen LogP contribution in [0.2, 0.25) is 0 Å². The van der Waals surface area contributed by atoms with Crippen LogP contribution in [0, 0.1) is 0 Å². The second-order valence-corrected chi connectivity index (χ2v) is 6.73. The Morgan fingerprint density at radius 3 is 2.15 bits per heavy atom. The molecule has 6 nitrogen and oxygen atoms in total. The van der Waals surface area contributed by atoms with E-state index in [0.717, 1.165) is 18.3 Å². The van der Waals surface area contributed by atoms with Gasteiger partial charge in [-0.15, -0.1) is 0 Å². The maximum Gasteiger partial charge on any atom is 0.417 e. The summed E-state index contributed by atoms with van der Waals surface area (Å²) in [4.78, 5) is 7.21. The van der Waals surface area contributed by atoms with Crippen molar-refractivity contribution in [2.24, 2.45) is 0 Å². The molecule has 0 bridgehead atoms. The summed E-state index contributed by atoms with van der Waals surface area (Å²) in [5.41, 5.74) is -0.890. The molecule has 3 rings (SSSR count). The van der Waals surface area contributed by atoms with Crippen LogP contribution in [0.25, 0.3) is 0 Å². The molecular formula is C17H11F3N2O4S. The summed E-state index contributed by atoms with van der Waals surface area (Å²) in [6.07, 6.45) is -1.24. The van der Waals surface area contributed by atoms with Crippen LogP contribution in [0.4, 0.5) is 13.2 Å². The first-order valence-corrected chi connectivity index (χ1v) is 8.80. The fourth-order valence-corrected chi connectivity index (χ4v) is 2.86. The van der Waals surface area contributed by atoms with Crippen molar-refractivity contribution in [1.82, 2.24) is 9.97 Å². The molecule has 0 spiro atoms. The van der Waals surface area contributed by atoms with Crippen LogP contribution < -0.4 is 8.92 Å². The van der Waals surface area contributed by atoms with Crippen molar-refractivity contribution in [2.45, 2.75) is 11.1 Å². The first-order chi connectivity index (χ1) is 12.7. The molecule has 2 heterocycles. The zero-order valence-electron chi connectivity index (χ0n) is 13.4. The predicted molar refractivity (Wildman–Crippen MR) is 87.8 cm³/mol. The fraction of sp³-hybridized carbons (Fsp3) is 0.0588. The van der Waals surface area contributed by atoms with Crippen LogP contribution in [0.3, 0.4) is 0 Å². The Kier molecular flexibility index (Phi) is 5.00. The number of nitrogens with zero attached hydrogens (tertiary/aromatic N) is 2. The SMILES string of the molecule is O=S(=O)(Oc1ccc(Oc2ccc(C(F)(F)F)cn2)cc1)c1cccnc1. The highest BCUT2D eigenvalue weighted by atomic mass is 32.2. The highest BCUT2D eigenvalue weighted by Crippen LogP contribution is 2.30. The maximum absolute atomic E-state index is 12.5. The molecular weight excluding hydrogens is 385 g/mol. The standard InChI is InChI=1S/C17H11F3N2O4S/c18-17(19,20)12-3-8-16(22-10-12)25-13-4-6-14(7-5-13)26-27(23,24)15-2-1-9-21-11-15/h1-11H. The summed E-state index contributed by atoms with van der Waals surface area (Å²) in [5, 5.41) is 0. The molecule has 27 heavy (non-hydrogen) atoms. The molecule has 0 aliphatic carbocycles. The molecule has 0 unspecified atom stereocenters. The zero-order chi connectivity index (χ0) is 19.5. The molecule has 0 aliphatic rings. The lowest BCUT2D eigenvalue weighted by Crippen LogP contribution is -2.09. The number of ether oxygens (including phenoxy) is 1. The van der Waals surface area contributed by atoms with Crippen molar-refractivity contribution >= 4 is 10.1 Å². The third-order valence-electron chi connectivity index (χ3n) is 3.24. The van der Waals surface area contributed by atoms with Crippen LogP contribution in [-0.4, -0.2) is 18.4 Å².